The standard InChI is InChI=1S/C16H22N4O/c1-10-5-3-4-6-13(10)19-15-12(16(17)21)9-18-20-11(2)7-8-14(15)20/h7-10,13,19H,3-6H2,1-2H3,(H2,17,21)/t10-,13+/m0/s1. The summed E-state index contributed by atoms with van der Waals surface area (Å²) in [5.41, 5.74) is 8.78. The van der Waals surface area contributed by atoms with E-state index in [9.17, 15) is 4.79 Å². The lowest BCUT2D eigenvalue weighted by molar-refractivity contribution is 0.100. The van der Waals surface area contributed by atoms with E-state index in [2.05, 4.69) is 17.3 Å². The molecule has 0 bridgehead atoms. The first-order chi connectivity index (χ1) is 10.1. The Morgan fingerprint density at radius 3 is 2.86 bits per heavy atom. The fraction of sp³-hybridized carbons (Fsp3) is 0.500. The molecule has 2 aromatic heterocycles. The molecule has 0 aromatic carbocycles. The molecule has 21 heavy (non-hydrogen) atoms. The molecule has 0 radical (unpaired) electrons. The van der Waals surface area contributed by atoms with E-state index >= 15 is 0 Å². The number of hydrogen-bond donors (Lipinski definition) is 2. The zero-order valence-corrected chi connectivity index (χ0v) is 12.6. The fourth-order valence-electron chi connectivity index (χ4n) is 3.25. The fourth-order valence-corrected chi connectivity index (χ4v) is 3.25. The molecule has 1 aliphatic rings. The smallest absolute Gasteiger partial charge is 0.252 e. The van der Waals surface area contributed by atoms with E-state index in [1.807, 2.05) is 23.6 Å². The van der Waals surface area contributed by atoms with Crippen LogP contribution in [0.4, 0.5) is 5.69 Å². The monoisotopic (exact) mass is 286 g/mol. The minimum absolute atomic E-state index is 0.387. The molecule has 1 saturated carbocycles. The topological polar surface area (TPSA) is 72.4 Å². The first kappa shape index (κ1) is 13.9. The van der Waals surface area contributed by atoms with Crippen molar-refractivity contribution in [3.8, 4) is 0 Å². The lowest BCUT2D eigenvalue weighted by Crippen LogP contribution is -2.31. The number of nitrogens with zero attached hydrogens (tertiary/aromatic N) is 2. The summed E-state index contributed by atoms with van der Waals surface area (Å²) in [5.74, 6) is 0.165. The van der Waals surface area contributed by atoms with Crippen molar-refractivity contribution in [2.24, 2.45) is 11.7 Å². The number of carbonyl (C=O) groups is 1. The van der Waals surface area contributed by atoms with Gasteiger partial charge >= 0.3 is 0 Å². The summed E-state index contributed by atoms with van der Waals surface area (Å²) < 4.78 is 1.85. The number of nitrogens with one attached hydrogen (secondary N) is 1. The van der Waals surface area contributed by atoms with Crippen LogP contribution in [-0.2, 0) is 0 Å². The maximum Gasteiger partial charge on any atom is 0.252 e. The van der Waals surface area contributed by atoms with E-state index in [0.717, 1.165) is 23.3 Å². The normalized spacial score (nSPS) is 22.4. The number of aryl methyl sites for hydroxylation is 1. The SMILES string of the molecule is Cc1ccc2c(N[C@@H]3CCCC[C@@H]3C)c(C(N)=O)cnn12. The average Bonchev–Trinajstić information content (AvgIpc) is 2.83. The number of anilines is 1. The molecule has 2 atom stereocenters. The molecule has 3 N–H and O–H groups in total. The van der Waals surface area contributed by atoms with Gasteiger partial charge in [-0.15, -0.1) is 0 Å². The highest BCUT2D eigenvalue weighted by molar-refractivity contribution is 6.01. The van der Waals surface area contributed by atoms with Crippen LogP contribution >= 0.6 is 0 Å². The molecule has 0 unspecified atom stereocenters. The molecular formula is C16H22N4O. The summed E-state index contributed by atoms with van der Waals surface area (Å²) in [6, 6.07) is 4.38. The summed E-state index contributed by atoms with van der Waals surface area (Å²) in [6.45, 7) is 4.26. The zero-order valence-electron chi connectivity index (χ0n) is 12.6. The van der Waals surface area contributed by atoms with Gasteiger partial charge in [0.25, 0.3) is 5.91 Å². The van der Waals surface area contributed by atoms with Crippen molar-refractivity contribution in [3.05, 3.63) is 29.6 Å². The first-order valence-electron chi connectivity index (χ1n) is 7.61. The number of nitrogens with two attached hydrogens (primary N) is 1. The van der Waals surface area contributed by atoms with Crippen molar-refractivity contribution in [1.29, 1.82) is 0 Å². The van der Waals surface area contributed by atoms with E-state index in [1.54, 1.807) is 6.20 Å². The van der Waals surface area contributed by atoms with Gasteiger partial charge in [-0.25, -0.2) is 4.52 Å². The number of rotatable bonds is 3. The third kappa shape index (κ3) is 2.48. The van der Waals surface area contributed by atoms with Gasteiger partial charge in [-0.2, -0.15) is 5.10 Å². The minimum atomic E-state index is -0.435. The summed E-state index contributed by atoms with van der Waals surface area (Å²) >= 11 is 0. The van der Waals surface area contributed by atoms with Gasteiger partial charge in [-0.3, -0.25) is 4.79 Å². The Kier molecular flexibility index (Phi) is 3.57. The number of amides is 1. The second kappa shape index (κ2) is 5.39. The Morgan fingerprint density at radius 2 is 2.14 bits per heavy atom. The first-order valence-corrected chi connectivity index (χ1v) is 7.61. The summed E-state index contributed by atoms with van der Waals surface area (Å²) in [4.78, 5) is 11.7. The molecule has 1 aliphatic carbocycles. The molecule has 0 spiro atoms. The van der Waals surface area contributed by atoms with Crippen LogP contribution in [0.3, 0.4) is 0 Å². The Hall–Kier alpha value is -2.04. The number of aromatic nitrogens is 2. The van der Waals surface area contributed by atoms with Crippen LogP contribution in [0.15, 0.2) is 18.3 Å². The van der Waals surface area contributed by atoms with E-state index < -0.39 is 5.91 Å². The van der Waals surface area contributed by atoms with E-state index in [4.69, 9.17) is 5.73 Å². The number of carbonyl (C=O) groups excluding carboxylic acids is 1. The molecule has 5 nitrogen and oxygen atoms in total. The lowest BCUT2D eigenvalue weighted by atomic mass is 9.85. The van der Waals surface area contributed by atoms with Crippen LogP contribution in [0, 0.1) is 12.8 Å². The van der Waals surface area contributed by atoms with Crippen LogP contribution < -0.4 is 11.1 Å². The van der Waals surface area contributed by atoms with Gasteiger partial charge in [0.15, 0.2) is 0 Å². The Bertz CT molecular complexity index is 676. The number of primary amides is 1. The van der Waals surface area contributed by atoms with Crippen molar-refractivity contribution < 1.29 is 4.79 Å². The van der Waals surface area contributed by atoms with Crippen molar-refractivity contribution in [1.82, 2.24) is 9.61 Å². The van der Waals surface area contributed by atoms with Crippen LogP contribution in [0.2, 0.25) is 0 Å². The summed E-state index contributed by atoms with van der Waals surface area (Å²) in [6.07, 6.45) is 6.45. The third-order valence-corrected chi connectivity index (χ3v) is 4.58. The number of hydrogen-bond acceptors (Lipinski definition) is 3. The van der Waals surface area contributed by atoms with Crippen LogP contribution in [-0.4, -0.2) is 21.6 Å². The highest BCUT2D eigenvalue weighted by atomic mass is 16.1. The highest BCUT2D eigenvalue weighted by Crippen LogP contribution is 2.30. The van der Waals surface area contributed by atoms with Gasteiger partial charge in [-0.1, -0.05) is 19.8 Å². The average molecular weight is 286 g/mol. The predicted molar refractivity (Wildman–Crippen MR) is 83.5 cm³/mol. The van der Waals surface area contributed by atoms with Gasteiger partial charge in [0.1, 0.15) is 0 Å². The number of fused-ring (bicyclic) bond motifs is 1. The quantitative estimate of drug-likeness (QED) is 0.911. The molecule has 5 heteroatoms. The van der Waals surface area contributed by atoms with E-state index in [0.29, 0.717) is 17.5 Å². The molecule has 0 aliphatic heterocycles. The molecule has 2 aromatic rings. The maximum atomic E-state index is 11.7. The van der Waals surface area contributed by atoms with Gasteiger partial charge in [0.05, 0.1) is 23.0 Å². The molecule has 1 fully saturated rings. The summed E-state index contributed by atoms with van der Waals surface area (Å²) in [5, 5.41) is 7.89. The largest absolute Gasteiger partial charge is 0.380 e. The van der Waals surface area contributed by atoms with Crippen LogP contribution in [0.25, 0.3) is 5.52 Å². The highest BCUT2D eigenvalue weighted by Gasteiger charge is 2.24. The molecular weight excluding hydrogens is 264 g/mol. The Morgan fingerprint density at radius 1 is 1.38 bits per heavy atom. The zero-order chi connectivity index (χ0) is 15.0. The maximum absolute atomic E-state index is 11.7. The van der Waals surface area contributed by atoms with E-state index in [-0.39, 0.29) is 0 Å². The second-order valence-electron chi connectivity index (χ2n) is 6.08. The lowest BCUT2D eigenvalue weighted by Gasteiger charge is -2.31. The van der Waals surface area contributed by atoms with E-state index in [1.165, 1.54) is 19.3 Å². The summed E-state index contributed by atoms with van der Waals surface area (Å²) in [7, 11) is 0. The molecule has 3 rings (SSSR count). The van der Waals surface area contributed by atoms with Crippen molar-refractivity contribution in [2.75, 3.05) is 5.32 Å². The molecule has 0 saturated heterocycles. The minimum Gasteiger partial charge on any atom is -0.380 e. The molecule has 2 heterocycles. The van der Waals surface area contributed by atoms with Crippen molar-refractivity contribution >= 4 is 17.1 Å². The van der Waals surface area contributed by atoms with Gasteiger partial charge in [-0.05, 0) is 37.8 Å². The van der Waals surface area contributed by atoms with Gasteiger partial charge in [0.2, 0.25) is 0 Å². The molecule has 1 amide bonds. The van der Waals surface area contributed by atoms with Gasteiger partial charge in [0, 0.05) is 11.7 Å². The van der Waals surface area contributed by atoms with Crippen LogP contribution in [0.1, 0.15) is 48.7 Å². The Labute approximate surface area is 124 Å². The Balaban J connectivity index is 2.05. The van der Waals surface area contributed by atoms with Gasteiger partial charge < -0.3 is 11.1 Å². The van der Waals surface area contributed by atoms with Crippen molar-refractivity contribution in [2.45, 2.75) is 45.6 Å². The second-order valence-corrected chi connectivity index (χ2v) is 6.08. The van der Waals surface area contributed by atoms with Crippen LogP contribution in [0.5, 0.6) is 0 Å². The third-order valence-electron chi connectivity index (χ3n) is 4.58. The van der Waals surface area contributed by atoms with Crippen molar-refractivity contribution in [3.63, 3.8) is 0 Å². The molecule has 112 valence electrons. The predicted octanol–water partition coefficient (Wildman–Crippen LogP) is 2.73.